The molecule has 1 atom stereocenters. The van der Waals surface area contributed by atoms with E-state index in [1.54, 1.807) is 0 Å². The van der Waals surface area contributed by atoms with Gasteiger partial charge in [-0.2, -0.15) is 0 Å². The number of hydrogen-bond acceptors (Lipinski definition) is 6. The first kappa shape index (κ1) is 57.6. The van der Waals surface area contributed by atoms with Crippen LogP contribution >= 0.6 is 0 Å². The van der Waals surface area contributed by atoms with Crippen LogP contribution in [-0.4, -0.2) is 37.2 Å². The van der Waals surface area contributed by atoms with Crippen LogP contribution in [0.5, 0.6) is 0 Å². The highest BCUT2D eigenvalue weighted by Crippen LogP contribution is 2.14. The minimum absolute atomic E-state index is 0.0929. The van der Waals surface area contributed by atoms with Gasteiger partial charge < -0.3 is 14.2 Å². The second kappa shape index (κ2) is 49.2. The van der Waals surface area contributed by atoms with Crippen molar-refractivity contribution in [3.63, 3.8) is 0 Å². The molecule has 61 heavy (non-hydrogen) atoms. The van der Waals surface area contributed by atoms with E-state index in [1.807, 2.05) is 0 Å². The maximum absolute atomic E-state index is 12.8. The molecule has 0 aliphatic rings. The van der Waals surface area contributed by atoms with Crippen molar-refractivity contribution in [2.45, 2.75) is 232 Å². The lowest BCUT2D eigenvalue weighted by atomic mass is 10.1. The van der Waals surface area contributed by atoms with Gasteiger partial charge in [-0.05, 0) is 77.0 Å². The fourth-order valence-electron chi connectivity index (χ4n) is 6.70. The molecule has 0 radical (unpaired) electrons. The number of rotatable bonds is 44. The summed E-state index contributed by atoms with van der Waals surface area (Å²) < 4.78 is 16.7. The molecule has 0 fully saturated rings. The average molecular weight is 849 g/mol. The van der Waals surface area contributed by atoms with Gasteiger partial charge >= 0.3 is 17.9 Å². The molecule has 0 N–H and O–H groups in total. The fourth-order valence-corrected chi connectivity index (χ4v) is 6.70. The van der Waals surface area contributed by atoms with Gasteiger partial charge in [-0.25, -0.2) is 0 Å². The van der Waals surface area contributed by atoms with Crippen LogP contribution in [0.15, 0.2) is 85.1 Å². The number of unbranched alkanes of at least 4 members (excludes halogenated alkanes) is 22. The topological polar surface area (TPSA) is 78.9 Å². The quantitative estimate of drug-likeness (QED) is 0.0200. The summed E-state index contributed by atoms with van der Waals surface area (Å²) in [5, 5.41) is 0. The second-order valence-corrected chi connectivity index (χ2v) is 16.4. The van der Waals surface area contributed by atoms with Crippen molar-refractivity contribution in [3.05, 3.63) is 85.1 Å². The molecule has 0 heterocycles. The summed E-state index contributed by atoms with van der Waals surface area (Å²) >= 11 is 0. The van der Waals surface area contributed by atoms with Crippen LogP contribution in [0.3, 0.4) is 0 Å². The molecule has 0 aromatic rings. The molecule has 0 bridgehead atoms. The van der Waals surface area contributed by atoms with E-state index in [9.17, 15) is 14.4 Å². The van der Waals surface area contributed by atoms with E-state index in [0.29, 0.717) is 19.3 Å². The predicted molar refractivity (Wildman–Crippen MR) is 261 cm³/mol. The summed E-state index contributed by atoms with van der Waals surface area (Å²) in [7, 11) is 0. The Morgan fingerprint density at radius 2 is 0.705 bits per heavy atom. The molecule has 348 valence electrons. The molecule has 0 saturated carbocycles. The molecule has 0 spiro atoms. The van der Waals surface area contributed by atoms with E-state index in [0.717, 1.165) is 116 Å². The number of carbonyl (C=O) groups excluding carboxylic acids is 3. The zero-order valence-electron chi connectivity index (χ0n) is 39.7. The molecule has 0 saturated heterocycles. The summed E-state index contributed by atoms with van der Waals surface area (Å²) in [5.74, 6) is -0.942. The first-order valence-corrected chi connectivity index (χ1v) is 25.1. The molecule has 1 unspecified atom stereocenters. The van der Waals surface area contributed by atoms with Gasteiger partial charge in [0.2, 0.25) is 0 Å². The van der Waals surface area contributed by atoms with Gasteiger partial charge in [-0.15, -0.1) is 0 Å². The van der Waals surface area contributed by atoms with Gasteiger partial charge in [0.05, 0.1) is 0 Å². The van der Waals surface area contributed by atoms with Gasteiger partial charge in [0.15, 0.2) is 6.10 Å². The number of hydrogen-bond donors (Lipinski definition) is 0. The van der Waals surface area contributed by atoms with E-state index >= 15 is 0 Å². The normalized spacial score (nSPS) is 12.8. The molecule has 0 aromatic heterocycles. The van der Waals surface area contributed by atoms with Crippen LogP contribution in [0.25, 0.3) is 0 Å². The summed E-state index contributed by atoms with van der Waals surface area (Å²) in [6, 6.07) is 0. The Hall–Kier alpha value is -3.41. The average Bonchev–Trinajstić information content (AvgIpc) is 3.26. The first-order valence-electron chi connectivity index (χ1n) is 25.1. The van der Waals surface area contributed by atoms with Crippen molar-refractivity contribution in [2.24, 2.45) is 0 Å². The molecule has 0 aromatic carbocycles. The Labute approximate surface area is 375 Å². The van der Waals surface area contributed by atoms with E-state index in [-0.39, 0.29) is 31.1 Å². The van der Waals surface area contributed by atoms with Crippen molar-refractivity contribution in [3.8, 4) is 0 Å². The Bertz CT molecular complexity index is 1200. The predicted octanol–water partition coefficient (Wildman–Crippen LogP) is 16.4. The third-order valence-electron chi connectivity index (χ3n) is 10.5. The molecule has 0 amide bonds. The Balaban J connectivity index is 4.46. The van der Waals surface area contributed by atoms with Gasteiger partial charge in [0.1, 0.15) is 13.2 Å². The molecule has 0 rings (SSSR count). The van der Waals surface area contributed by atoms with E-state index in [2.05, 4.69) is 106 Å². The van der Waals surface area contributed by atoms with Crippen molar-refractivity contribution in [1.82, 2.24) is 0 Å². The number of ether oxygens (including phenoxy) is 3. The highest BCUT2D eigenvalue weighted by atomic mass is 16.6. The molecule has 0 aliphatic carbocycles. The van der Waals surface area contributed by atoms with Crippen molar-refractivity contribution < 1.29 is 28.6 Å². The summed E-state index contributed by atoms with van der Waals surface area (Å²) in [4.78, 5) is 37.9. The van der Waals surface area contributed by atoms with Crippen LogP contribution in [0.1, 0.15) is 226 Å². The van der Waals surface area contributed by atoms with Crippen molar-refractivity contribution in [2.75, 3.05) is 13.2 Å². The fraction of sp³-hybridized carbons (Fsp3) is 0.691. The van der Waals surface area contributed by atoms with Gasteiger partial charge in [0, 0.05) is 19.3 Å². The molecule has 0 aliphatic heterocycles. The monoisotopic (exact) mass is 849 g/mol. The zero-order chi connectivity index (χ0) is 44.4. The lowest BCUT2D eigenvalue weighted by Gasteiger charge is -2.18. The van der Waals surface area contributed by atoms with Crippen LogP contribution in [0.2, 0.25) is 0 Å². The Morgan fingerprint density at radius 3 is 1.18 bits per heavy atom. The minimum Gasteiger partial charge on any atom is -0.462 e. The van der Waals surface area contributed by atoms with Crippen LogP contribution in [0, 0.1) is 0 Å². The summed E-state index contributed by atoms with van der Waals surface area (Å²) in [6.45, 7) is 6.43. The largest absolute Gasteiger partial charge is 0.462 e. The maximum Gasteiger partial charge on any atom is 0.306 e. The lowest BCUT2D eigenvalue weighted by Crippen LogP contribution is -2.30. The first-order chi connectivity index (χ1) is 30.0. The highest BCUT2D eigenvalue weighted by Gasteiger charge is 2.19. The van der Waals surface area contributed by atoms with Gasteiger partial charge in [-0.1, -0.05) is 215 Å². The molecular weight excluding hydrogens is 757 g/mol. The number of allylic oxidation sites excluding steroid dienone is 14. The zero-order valence-corrected chi connectivity index (χ0v) is 39.7. The summed E-state index contributed by atoms with van der Waals surface area (Å²) in [6.07, 6.45) is 62.7. The van der Waals surface area contributed by atoms with Crippen LogP contribution in [0.4, 0.5) is 0 Å². The van der Waals surface area contributed by atoms with Crippen LogP contribution in [-0.2, 0) is 28.6 Å². The number of esters is 3. The second-order valence-electron chi connectivity index (χ2n) is 16.4. The van der Waals surface area contributed by atoms with E-state index in [1.165, 1.54) is 70.6 Å². The maximum atomic E-state index is 12.8. The summed E-state index contributed by atoms with van der Waals surface area (Å²) in [5.41, 5.74) is 0. The van der Waals surface area contributed by atoms with Crippen molar-refractivity contribution in [1.29, 1.82) is 0 Å². The van der Waals surface area contributed by atoms with E-state index < -0.39 is 6.10 Å². The SMILES string of the molecule is CC/C=C\C/C=C\C/C=C\CCCCCCC(=O)OC(COC(=O)CCCCCCC\C=C/C=C\C=C/C=C\CCCCC)COC(=O)CCCCCCCCCCCCC. The van der Waals surface area contributed by atoms with E-state index in [4.69, 9.17) is 14.2 Å². The minimum atomic E-state index is -0.796. The highest BCUT2D eigenvalue weighted by molar-refractivity contribution is 5.71. The Morgan fingerprint density at radius 1 is 0.361 bits per heavy atom. The molecule has 6 nitrogen and oxygen atoms in total. The smallest absolute Gasteiger partial charge is 0.306 e. The molecule has 6 heteroatoms. The van der Waals surface area contributed by atoms with Crippen LogP contribution < -0.4 is 0 Å². The third-order valence-corrected chi connectivity index (χ3v) is 10.5. The number of carbonyl (C=O) groups is 3. The standard InChI is InChI=1S/C55H92O6/c1-4-7-10-13-16-19-22-24-26-27-28-29-31-33-36-39-42-45-48-54(57)60-51-52(50-59-53(56)47-44-41-38-35-32-21-18-15-12-9-6-3)61-55(58)49-46-43-40-37-34-30-25-23-20-17-14-11-8-5-2/h8,11,16-17,19-20,22,24-30,52H,4-7,9-10,12-15,18,21,23,31-51H2,1-3H3/b11-8-,19-16-,20-17-,24-22-,27-26-,29-28-,30-25-. The van der Waals surface area contributed by atoms with Gasteiger partial charge in [0.25, 0.3) is 0 Å². The lowest BCUT2D eigenvalue weighted by molar-refractivity contribution is -0.167. The third kappa shape index (κ3) is 47.5. The Kier molecular flexibility index (Phi) is 46.5. The van der Waals surface area contributed by atoms with Gasteiger partial charge in [-0.3, -0.25) is 14.4 Å². The molecular formula is C55H92O6. The van der Waals surface area contributed by atoms with Crippen molar-refractivity contribution >= 4 is 17.9 Å².